The average Bonchev–Trinajstić information content (AvgIpc) is 3.56. The van der Waals surface area contributed by atoms with Crippen LogP contribution in [0.5, 0.6) is 0 Å². The molecule has 0 saturated carbocycles. The summed E-state index contributed by atoms with van der Waals surface area (Å²) < 4.78 is 28.7. The van der Waals surface area contributed by atoms with Gasteiger partial charge in [0.2, 0.25) is 5.91 Å². The Balaban J connectivity index is 1.15. The van der Waals surface area contributed by atoms with Crippen LogP contribution in [-0.4, -0.2) is 69.3 Å². The predicted molar refractivity (Wildman–Crippen MR) is 167 cm³/mol. The Labute approximate surface area is 253 Å². The number of carbonyl (C=O) groups is 2. The quantitative estimate of drug-likeness (QED) is 0.308. The van der Waals surface area contributed by atoms with Crippen molar-refractivity contribution in [2.75, 3.05) is 43.0 Å². The molecule has 0 radical (unpaired) electrons. The molecule has 2 aliphatic heterocycles. The van der Waals surface area contributed by atoms with Gasteiger partial charge in [-0.2, -0.15) is 0 Å². The van der Waals surface area contributed by atoms with Crippen LogP contribution in [0.4, 0.5) is 5.69 Å². The first kappa shape index (κ1) is 30.1. The van der Waals surface area contributed by atoms with Gasteiger partial charge in [-0.05, 0) is 106 Å². The van der Waals surface area contributed by atoms with E-state index in [4.69, 9.17) is 0 Å². The van der Waals surface area contributed by atoms with Gasteiger partial charge in [-0.25, -0.2) is 12.1 Å². The van der Waals surface area contributed by atoms with Crippen molar-refractivity contribution in [2.24, 2.45) is 5.92 Å². The summed E-state index contributed by atoms with van der Waals surface area (Å²) in [4.78, 5) is 30.8. The SMILES string of the molecule is O=C(NCC(=O)N1CCC(CCN2CCCC2)CC1)c1ccc(S(=O)(=O)N(Sc2ccccc2)c2ccccc2)cc1. The van der Waals surface area contributed by atoms with Crippen molar-refractivity contribution in [3.63, 3.8) is 0 Å². The Morgan fingerprint density at radius 1 is 0.833 bits per heavy atom. The Bertz CT molecular complexity index is 1420. The van der Waals surface area contributed by atoms with E-state index in [1.807, 2.05) is 41.3 Å². The van der Waals surface area contributed by atoms with Gasteiger partial charge in [-0.15, -0.1) is 0 Å². The number of rotatable bonds is 11. The minimum Gasteiger partial charge on any atom is -0.343 e. The lowest BCUT2D eigenvalue weighted by Crippen LogP contribution is -2.44. The van der Waals surface area contributed by atoms with Crippen LogP contribution in [0, 0.1) is 5.92 Å². The van der Waals surface area contributed by atoms with Crippen molar-refractivity contribution < 1.29 is 18.0 Å². The smallest absolute Gasteiger partial charge is 0.274 e. The molecule has 0 aliphatic carbocycles. The number of para-hydroxylation sites is 1. The van der Waals surface area contributed by atoms with Crippen molar-refractivity contribution in [3.05, 3.63) is 90.5 Å². The van der Waals surface area contributed by atoms with Crippen molar-refractivity contribution in [1.29, 1.82) is 0 Å². The zero-order valence-corrected chi connectivity index (χ0v) is 25.4. The molecule has 10 heteroatoms. The summed E-state index contributed by atoms with van der Waals surface area (Å²) in [6.45, 7) is 4.97. The van der Waals surface area contributed by atoms with E-state index in [2.05, 4.69) is 10.2 Å². The van der Waals surface area contributed by atoms with E-state index in [-0.39, 0.29) is 17.3 Å². The van der Waals surface area contributed by atoms with Crippen molar-refractivity contribution in [2.45, 2.75) is 41.9 Å². The largest absolute Gasteiger partial charge is 0.343 e. The van der Waals surface area contributed by atoms with E-state index in [9.17, 15) is 18.0 Å². The Kier molecular flexibility index (Phi) is 10.2. The van der Waals surface area contributed by atoms with Crippen LogP contribution in [0.15, 0.2) is 94.7 Å². The summed E-state index contributed by atoms with van der Waals surface area (Å²) in [6.07, 6.45) is 5.82. The minimum atomic E-state index is -3.95. The third-order valence-corrected chi connectivity index (χ3v) is 11.1. The maximum atomic E-state index is 13.7. The maximum Gasteiger partial charge on any atom is 0.274 e. The Morgan fingerprint density at radius 3 is 2.10 bits per heavy atom. The van der Waals surface area contributed by atoms with Gasteiger partial charge in [0, 0.05) is 35.5 Å². The fourth-order valence-corrected chi connectivity index (χ4v) is 8.13. The molecule has 1 N–H and O–H groups in total. The second-order valence-corrected chi connectivity index (χ2v) is 13.9. The molecule has 2 saturated heterocycles. The molecular weight excluding hydrogens is 569 g/mol. The number of hydrogen-bond acceptors (Lipinski definition) is 6. The van der Waals surface area contributed by atoms with Gasteiger partial charge in [0.05, 0.1) is 17.1 Å². The lowest BCUT2D eigenvalue weighted by atomic mass is 9.93. The maximum absolute atomic E-state index is 13.7. The standard InChI is InChI=1S/C32H38N4O4S2/c37-31(35-23-18-26(19-24-35)17-22-34-20-7-8-21-34)25-33-32(38)27-13-15-30(16-14-27)42(39,40)36(28-9-3-1-4-10-28)41-29-11-5-2-6-12-29/h1-6,9-16,26H,7-8,17-25H2,(H,33,38). The molecule has 0 atom stereocenters. The molecule has 8 nitrogen and oxygen atoms in total. The number of benzene rings is 3. The van der Waals surface area contributed by atoms with Gasteiger partial charge >= 0.3 is 0 Å². The molecule has 3 aromatic carbocycles. The molecule has 222 valence electrons. The second kappa shape index (κ2) is 14.2. The lowest BCUT2D eigenvalue weighted by Gasteiger charge is -2.32. The predicted octanol–water partition coefficient (Wildman–Crippen LogP) is 5.04. The monoisotopic (exact) mass is 606 g/mol. The van der Waals surface area contributed by atoms with Gasteiger partial charge in [-0.1, -0.05) is 36.4 Å². The van der Waals surface area contributed by atoms with E-state index in [0.29, 0.717) is 17.2 Å². The summed E-state index contributed by atoms with van der Waals surface area (Å²) in [5, 5.41) is 2.71. The summed E-state index contributed by atoms with van der Waals surface area (Å²) in [5.41, 5.74) is 0.812. The number of piperidine rings is 1. The molecule has 2 aliphatic rings. The van der Waals surface area contributed by atoms with Crippen molar-refractivity contribution >= 4 is 39.5 Å². The molecule has 42 heavy (non-hydrogen) atoms. The van der Waals surface area contributed by atoms with Crippen LogP contribution >= 0.6 is 11.9 Å². The molecule has 2 heterocycles. The zero-order chi connectivity index (χ0) is 29.4. The average molecular weight is 607 g/mol. The van der Waals surface area contributed by atoms with E-state index >= 15 is 0 Å². The summed E-state index contributed by atoms with van der Waals surface area (Å²) >= 11 is 1.11. The molecule has 3 aromatic rings. The van der Waals surface area contributed by atoms with Crippen LogP contribution in [0.3, 0.4) is 0 Å². The summed E-state index contributed by atoms with van der Waals surface area (Å²) in [5.74, 6) is 0.159. The Hall–Kier alpha value is -3.34. The van der Waals surface area contributed by atoms with E-state index in [1.54, 1.807) is 24.3 Å². The third-order valence-electron chi connectivity index (χ3n) is 7.95. The second-order valence-electron chi connectivity index (χ2n) is 10.8. The molecule has 0 spiro atoms. The molecular formula is C32H38N4O4S2. The van der Waals surface area contributed by atoms with Crippen molar-refractivity contribution in [3.8, 4) is 0 Å². The highest BCUT2D eigenvalue weighted by molar-refractivity contribution is 8.14. The van der Waals surface area contributed by atoms with E-state index < -0.39 is 15.9 Å². The van der Waals surface area contributed by atoms with E-state index in [0.717, 1.165) is 49.3 Å². The minimum absolute atomic E-state index is 0.0648. The van der Waals surface area contributed by atoms with Crippen LogP contribution in [0.1, 0.15) is 42.5 Å². The van der Waals surface area contributed by atoms with Crippen LogP contribution in [-0.2, 0) is 14.8 Å². The van der Waals surface area contributed by atoms with Gasteiger partial charge in [0.15, 0.2) is 0 Å². The first-order chi connectivity index (χ1) is 20.4. The van der Waals surface area contributed by atoms with Crippen LogP contribution in [0.25, 0.3) is 0 Å². The highest BCUT2D eigenvalue weighted by Gasteiger charge is 2.27. The number of nitrogens with one attached hydrogen (secondary N) is 1. The van der Waals surface area contributed by atoms with Gasteiger partial charge in [0.1, 0.15) is 0 Å². The van der Waals surface area contributed by atoms with Crippen molar-refractivity contribution in [1.82, 2.24) is 15.1 Å². The molecule has 0 aromatic heterocycles. The fraction of sp³-hybridized carbons (Fsp3) is 0.375. The number of hydrogen-bond donors (Lipinski definition) is 1. The van der Waals surface area contributed by atoms with Crippen LogP contribution in [0.2, 0.25) is 0 Å². The number of amides is 2. The van der Waals surface area contributed by atoms with Gasteiger partial charge in [0.25, 0.3) is 15.9 Å². The molecule has 0 bridgehead atoms. The number of sulfonamides is 1. The molecule has 0 unspecified atom stereocenters. The topological polar surface area (TPSA) is 90.0 Å². The summed E-state index contributed by atoms with van der Waals surface area (Å²) in [7, 11) is -3.95. The third kappa shape index (κ3) is 7.73. The molecule has 2 amide bonds. The number of likely N-dealkylation sites (tertiary alicyclic amines) is 2. The lowest BCUT2D eigenvalue weighted by molar-refractivity contribution is -0.131. The van der Waals surface area contributed by atoms with Gasteiger partial charge in [-0.3, -0.25) is 9.59 Å². The number of carbonyl (C=O) groups excluding carboxylic acids is 2. The Morgan fingerprint density at radius 2 is 1.45 bits per heavy atom. The van der Waals surface area contributed by atoms with E-state index in [1.165, 1.54) is 60.3 Å². The fourth-order valence-electron chi connectivity index (χ4n) is 5.45. The molecule has 2 fully saturated rings. The normalized spacial score (nSPS) is 16.3. The zero-order valence-electron chi connectivity index (χ0n) is 23.7. The highest BCUT2D eigenvalue weighted by Crippen LogP contribution is 2.34. The number of nitrogens with zero attached hydrogens (tertiary/aromatic N) is 3. The first-order valence-corrected chi connectivity index (χ1v) is 16.8. The molecule has 5 rings (SSSR count). The van der Waals surface area contributed by atoms with Gasteiger partial charge < -0.3 is 15.1 Å². The number of anilines is 1. The van der Waals surface area contributed by atoms with Crippen LogP contribution < -0.4 is 9.03 Å². The summed E-state index contributed by atoms with van der Waals surface area (Å²) in [6, 6.07) is 24.0. The first-order valence-electron chi connectivity index (χ1n) is 14.6. The highest BCUT2D eigenvalue weighted by atomic mass is 32.3.